The lowest BCUT2D eigenvalue weighted by molar-refractivity contribution is 0.0954. The van der Waals surface area contributed by atoms with Gasteiger partial charge in [-0.05, 0) is 50.2 Å². The Morgan fingerprint density at radius 1 is 1.07 bits per heavy atom. The molecule has 0 aliphatic carbocycles. The zero-order valence-corrected chi connectivity index (χ0v) is 18.3. The highest BCUT2D eigenvalue weighted by atomic mass is 79.9. The van der Waals surface area contributed by atoms with Gasteiger partial charge in [0, 0.05) is 38.7 Å². The summed E-state index contributed by atoms with van der Waals surface area (Å²) in [6.45, 7) is 4.05. The molecule has 1 amide bonds. The Balaban J connectivity index is 1.79. The number of methoxy groups -OCH3 is 2. The second-order valence-corrected chi connectivity index (χ2v) is 7.36. The molecule has 0 aliphatic heterocycles. The number of carbonyl (C=O) groups excluding carboxylic acids is 1. The number of nitrogens with zero attached hydrogens (tertiary/aromatic N) is 2. The van der Waals surface area contributed by atoms with E-state index >= 15 is 0 Å². The Bertz CT molecular complexity index is 1050. The molecule has 0 unspecified atom stereocenters. The van der Waals surface area contributed by atoms with E-state index in [0.29, 0.717) is 17.1 Å². The Hall–Kier alpha value is -3.06. The van der Waals surface area contributed by atoms with E-state index in [1.807, 2.05) is 38.1 Å². The molecule has 2 aromatic carbocycles. The minimum atomic E-state index is -0.348. The fraction of sp³-hybridized carbons (Fsp3) is 0.182. The molecular weight excluding hydrogens is 434 g/mol. The van der Waals surface area contributed by atoms with Crippen LogP contribution in [0.5, 0.6) is 11.5 Å². The molecule has 0 saturated heterocycles. The van der Waals surface area contributed by atoms with Crippen LogP contribution in [0.15, 0.2) is 58.1 Å². The number of halogens is 1. The summed E-state index contributed by atoms with van der Waals surface area (Å²) in [4.78, 5) is 12.4. The molecule has 0 aliphatic rings. The van der Waals surface area contributed by atoms with E-state index in [-0.39, 0.29) is 5.91 Å². The lowest BCUT2D eigenvalue weighted by Crippen LogP contribution is -2.17. The van der Waals surface area contributed by atoms with Gasteiger partial charge in [-0.15, -0.1) is 0 Å². The van der Waals surface area contributed by atoms with Crippen molar-refractivity contribution in [3.8, 4) is 17.2 Å². The monoisotopic (exact) mass is 455 g/mol. The van der Waals surface area contributed by atoms with Gasteiger partial charge in [0.05, 0.1) is 20.4 Å². The number of hydrogen-bond acceptors (Lipinski definition) is 4. The lowest BCUT2D eigenvalue weighted by Gasteiger charge is -2.10. The van der Waals surface area contributed by atoms with Crippen LogP contribution in [0.3, 0.4) is 0 Å². The molecule has 150 valence electrons. The molecular formula is C22H22BrN3O3. The molecule has 0 spiro atoms. The van der Waals surface area contributed by atoms with Crippen LogP contribution in [-0.4, -0.2) is 30.9 Å². The van der Waals surface area contributed by atoms with E-state index in [1.165, 1.54) is 14.2 Å². The second-order valence-electron chi connectivity index (χ2n) is 6.44. The molecule has 1 aromatic heterocycles. The first-order chi connectivity index (χ1) is 13.9. The van der Waals surface area contributed by atoms with Crippen molar-refractivity contribution in [2.45, 2.75) is 13.8 Å². The predicted molar refractivity (Wildman–Crippen MR) is 118 cm³/mol. The molecule has 3 aromatic rings. The number of rotatable bonds is 6. The summed E-state index contributed by atoms with van der Waals surface area (Å²) in [5, 5.41) is 4.13. The topological polar surface area (TPSA) is 64.8 Å². The normalized spacial score (nSPS) is 10.9. The van der Waals surface area contributed by atoms with Gasteiger partial charge in [-0.3, -0.25) is 4.79 Å². The highest BCUT2D eigenvalue weighted by molar-refractivity contribution is 9.10. The molecule has 0 bridgehead atoms. The molecule has 0 radical (unpaired) electrons. The third-order valence-electron chi connectivity index (χ3n) is 4.52. The van der Waals surface area contributed by atoms with Gasteiger partial charge in [0.1, 0.15) is 11.5 Å². The molecule has 1 heterocycles. The summed E-state index contributed by atoms with van der Waals surface area (Å²) in [5.41, 5.74) is 7.04. The average molecular weight is 456 g/mol. The fourth-order valence-electron chi connectivity index (χ4n) is 3.09. The molecule has 0 fully saturated rings. The van der Waals surface area contributed by atoms with Crippen molar-refractivity contribution in [2.75, 3.05) is 14.2 Å². The van der Waals surface area contributed by atoms with E-state index in [1.54, 1.807) is 24.4 Å². The number of amides is 1. The van der Waals surface area contributed by atoms with Crippen LogP contribution in [0.1, 0.15) is 27.3 Å². The number of aromatic nitrogens is 1. The van der Waals surface area contributed by atoms with Crippen LogP contribution < -0.4 is 14.9 Å². The standard InChI is InChI=1S/C22H22BrN3O3/c1-14-8-17(15(2)26(14)19-7-5-6-18(23)11-19)13-24-25-22(27)16-9-20(28-3)12-21(10-16)29-4/h5-13H,1-4H3,(H,25,27)/b24-13-. The van der Waals surface area contributed by atoms with Crippen LogP contribution in [-0.2, 0) is 0 Å². The number of benzene rings is 2. The lowest BCUT2D eigenvalue weighted by atomic mass is 10.2. The van der Waals surface area contributed by atoms with E-state index < -0.39 is 0 Å². The third kappa shape index (κ3) is 4.68. The summed E-state index contributed by atoms with van der Waals surface area (Å²) in [5.74, 6) is 0.728. The minimum Gasteiger partial charge on any atom is -0.497 e. The smallest absolute Gasteiger partial charge is 0.271 e. The van der Waals surface area contributed by atoms with E-state index in [2.05, 4.69) is 37.1 Å². The number of ether oxygens (including phenoxy) is 2. The highest BCUT2D eigenvalue weighted by Crippen LogP contribution is 2.23. The molecule has 0 atom stereocenters. The summed E-state index contributed by atoms with van der Waals surface area (Å²) in [6, 6.07) is 15.1. The second kappa shape index (κ2) is 8.96. The molecule has 29 heavy (non-hydrogen) atoms. The molecule has 6 nitrogen and oxygen atoms in total. The van der Waals surface area contributed by atoms with Gasteiger partial charge >= 0.3 is 0 Å². The predicted octanol–water partition coefficient (Wildman–Crippen LogP) is 4.64. The van der Waals surface area contributed by atoms with Crippen molar-refractivity contribution in [1.82, 2.24) is 9.99 Å². The van der Waals surface area contributed by atoms with Crippen molar-refractivity contribution in [3.05, 3.63) is 75.5 Å². The Morgan fingerprint density at radius 3 is 2.38 bits per heavy atom. The van der Waals surface area contributed by atoms with E-state index in [0.717, 1.165) is 27.1 Å². The summed E-state index contributed by atoms with van der Waals surface area (Å²) < 4.78 is 13.6. The van der Waals surface area contributed by atoms with Crippen LogP contribution >= 0.6 is 15.9 Å². The first-order valence-electron chi connectivity index (χ1n) is 8.94. The van der Waals surface area contributed by atoms with Gasteiger partial charge in [-0.2, -0.15) is 5.10 Å². The van der Waals surface area contributed by atoms with Gasteiger partial charge in [-0.1, -0.05) is 22.0 Å². The number of nitrogens with one attached hydrogen (secondary N) is 1. The number of hydrogen-bond donors (Lipinski definition) is 1. The number of aryl methyl sites for hydroxylation is 1. The number of carbonyl (C=O) groups is 1. The molecule has 0 saturated carbocycles. The van der Waals surface area contributed by atoms with Crippen molar-refractivity contribution < 1.29 is 14.3 Å². The van der Waals surface area contributed by atoms with Crippen LogP contribution in [0.2, 0.25) is 0 Å². The first-order valence-corrected chi connectivity index (χ1v) is 9.73. The van der Waals surface area contributed by atoms with Crippen LogP contribution in [0, 0.1) is 13.8 Å². The maximum Gasteiger partial charge on any atom is 0.271 e. The van der Waals surface area contributed by atoms with Crippen molar-refractivity contribution in [2.24, 2.45) is 5.10 Å². The van der Waals surface area contributed by atoms with E-state index in [9.17, 15) is 4.79 Å². The van der Waals surface area contributed by atoms with Crippen molar-refractivity contribution in [1.29, 1.82) is 0 Å². The average Bonchev–Trinajstić information content (AvgIpc) is 3.00. The van der Waals surface area contributed by atoms with Crippen LogP contribution in [0.4, 0.5) is 0 Å². The van der Waals surface area contributed by atoms with Crippen molar-refractivity contribution >= 4 is 28.1 Å². The molecule has 1 N–H and O–H groups in total. The third-order valence-corrected chi connectivity index (χ3v) is 5.01. The van der Waals surface area contributed by atoms with Gasteiger partial charge in [0.2, 0.25) is 0 Å². The van der Waals surface area contributed by atoms with E-state index in [4.69, 9.17) is 9.47 Å². The Morgan fingerprint density at radius 2 is 1.76 bits per heavy atom. The van der Waals surface area contributed by atoms with Gasteiger partial charge in [0.25, 0.3) is 5.91 Å². The SMILES string of the molecule is COc1cc(OC)cc(C(=O)N/N=C\c2cc(C)n(-c3cccc(Br)c3)c2C)c1. The quantitative estimate of drug-likeness (QED) is 0.434. The zero-order valence-electron chi connectivity index (χ0n) is 16.7. The van der Waals surface area contributed by atoms with Gasteiger partial charge in [0.15, 0.2) is 0 Å². The highest BCUT2D eigenvalue weighted by Gasteiger charge is 2.11. The van der Waals surface area contributed by atoms with Gasteiger partial charge < -0.3 is 14.0 Å². The maximum atomic E-state index is 12.4. The summed E-state index contributed by atoms with van der Waals surface area (Å²) in [7, 11) is 3.07. The molecule has 7 heteroatoms. The van der Waals surface area contributed by atoms with Gasteiger partial charge in [-0.25, -0.2) is 5.43 Å². The Labute approximate surface area is 178 Å². The summed E-state index contributed by atoms with van der Waals surface area (Å²) >= 11 is 3.51. The Kier molecular flexibility index (Phi) is 6.39. The maximum absolute atomic E-state index is 12.4. The van der Waals surface area contributed by atoms with Crippen LogP contribution in [0.25, 0.3) is 5.69 Å². The minimum absolute atomic E-state index is 0.348. The number of hydrazone groups is 1. The fourth-order valence-corrected chi connectivity index (χ4v) is 3.48. The molecule has 3 rings (SSSR count). The largest absolute Gasteiger partial charge is 0.497 e. The zero-order chi connectivity index (χ0) is 21.0. The summed E-state index contributed by atoms with van der Waals surface area (Å²) in [6.07, 6.45) is 1.64. The first kappa shape index (κ1) is 20.7. The van der Waals surface area contributed by atoms with Crippen molar-refractivity contribution in [3.63, 3.8) is 0 Å².